The van der Waals surface area contributed by atoms with Gasteiger partial charge in [-0.3, -0.25) is 4.99 Å². The number of guanidine groups is 1. The number of hydrogen-bond acceptors (Lipinski definition) is 7. The number of nitrogens with zero attached hydrogens (tertiary/aromatic N) is 1. The molecule has 0 atom stereocenters. The van der Waals surface area contributed by atoms with E-state index in [2.05, 4.69) is 15.6 Å². The quantitative estimate of drug-likeness (QED) is 0.392. The number of nitrogens with one attached hydrogen (secondary N) is 2. The van der Waals surface area contributed by atoms with Crippen molar-refractivity contribution in [1.29, 1.82) is 0 Å². The Morgan fingerprint density at radius 3 is 2.14 bits per heavy atom. The smallest absolute Gasteiger partial charge is 0.341 e. The maximum Gasteiger partial charge on any atom is 0.341 e. The minimum absolute atomic E-state index is 0.354. The number of ether oxygens (including phenoxy) is 4. The van der Waals surface area contributed by atoms with Crippen LogP contribution in [-0.2, 0) is 17.8 Å². The number of rotatable bonds is 8. The van der Waals surface area contributed by atoms with Crippen molar-refractivity contribution < 1.29 is 28.2 Å². The van der Waals surface area contributed by atoms with E-state index in [1.54, 1.807) is 41.4 Å². The van der Waals surface area contributed by atoms with Crippen molar-refractivity contribution in [2.75, 3.05) is 35.5 Å². The number of furan rings is 1. The second-order valence-corrected chi connectivity index (χ2v) is 5.99. The molecule has 1 aromatic carbocycles. The van der Waals surface area contributed by atoms with E-state index in [0.717, 1.165) is 5.56 Å². The van der Waals surface area contributed by atoms with Gasteiger partial charge in [-0.2, -0.15) is 0 Å². The maximum absolute atomic E-state index is 11.7. The van der Waals surface area contributed by atoms with Crippen molar-refractivity contribution in [2.45, 2.75) is 20.0 Å². The molecule has 0 fully saturated rings. The molecule has 1 heterocycles. The summed E-state index contributed by atoms with van der Waals surface area (Å²) in [7, 11) is 7.71. The van der Waals surface area contributed by atoms with Crippen LogP contribution in [-0.4, -0.2) is 47.4 Å². The van der Waals surface area contributed by atoms with Gasteiger partial charge in [0.25, 0.3) is 0 Å². The van der Waals surface area contributed by atoms with E-state index in [4.69, 9.17) is 23.4 Å². The van der Waals surface area contributed by atoms with Crippen LogP contribution in [0.1, 0.15) is 27.4 Å². The molecular formula is C20H27N3O6. The van der Waals surface area contributed by atoms with Gasteiger partial charge in [0.15, 0.2) is 17.5 Å². The molecular weight excluding hydrogens is 378 g/mol. The van der Waals surface area contributed by atoms with Crippen LogP contribution in [0.2, 0.25) is 0 Å². The molecule has 0 aliphatic rings. The molecule has 1 aromatic heterocycles. The lowest BCUT2D eigenvalue weighted by Gasteiger charge is -2.15. The summed E-state index contributed by atoms with van der Waals surface area (Å²) in [5.41, 5.74) is 1.33. The number of methoxy groups -OCH3 is 4. The normalized spacial score (nSPS) is 11.0. The van der Waals surface area contributed by atoms with Gasteiger partial charge in [-0.05, 0) is 30.7 Å². The van der Waals surface area contributed by atoms with Crippen molar-refractivity contribution in [3.8, 4) is 17.2 Å². The third-order valence-corrected chi connectivity index (χ3v) is 4.21. The topological polar surface area (TPSA) is 104 Å². The van der Waals surface area contributed by atoms with Crippen LogP contribution < -0.4 is 24.8 Å². The predicted octanol–water partition coefficient (Wildman–Crippen LogP) is 2.27. The van der Waals surface area contributed by atoms with Gasteiger partial charge in [0, 0.05) is 13.6 Å². The standard InChI is InChI=1S/C20H27N3O6/c1-12-15(19(24)28-6)9-14(29-12)11-23-20(21-2)22-10-13-7-16(25-3)18(27-5)17(8-13)26-4/h7-9H,10-11H2,1-6H3,(H2,21,22,23). The summed E-state index contributed by atoms with van der Waals surface area (Å²) in [5, 5.41) is 6.34. The molecule has 0 aliphatic heterocycles. The second-order valence-electron chi connectivity index (χ2n) is 5.99. The summed E-state index contributed by atoms with van der Waals surface area (Å²) in [6.07, 6.45) is 0. The summed E-state index contributed by atoms with van der Waals surface area (Å²) in [5.74, 6) is 2.93. The molecule has 0 aliphatic carbocycles. The SMILES string of the molecule is CN=C(NCc1cc(OC)c(OC)c(OC)c1)NCc1cc(C(=O)OC)c(C)o1. The highest BCUT2D eigenvalue weighted by atomic mass is 16.5. The third kappa shape index (κ3) is 5.34. The molecule has 158 valence electrons. The second kappa shape index (κ2) is 10.3. The summed E-state index contributed by atoms with van der Waals surface area (Å²) in [6.45, 7) is 2.54. The van der Waals surface area contributed by atoms with E-state index in [0.29, 0.717) is 53.4 Å². The molecule has 0 bridgehead atoms. The van der Waals surface area contributed by atoms with E-state index in [-0.39, 0.29) is 0 Å². The molecule has 2 N–H and O–H groups in total. The number of carbonyl (C=O) groups is 1. The van der Waals surface area contributed by atoms with Crippen LogP contribution in [0.15, 0.2) is 27.6 Å². The number of esters is 1. The van der Waals surface area contributed by atoms with Crippen molar-refractivity contribution in [1.82, 2.24) is 10.6 Å². The molecule has 2 rings (SSSR count). The number of benzene rings is 1. The maximum atomic E-state index is 11.7. The van der Waals surface area contributed by atoms with Gasteiger partial charge >= 0.3 is 5.97 Å². The molecule has 9 nitrogen and oxygen atoms in total. The molecule has 0 unspecified atom stereocenters. The molecule has 0 spiro atoms. The predicted molar refractivity (Wildman–Crippen MR) is 108 cm³/mol. The Bertz CT molecular complexity index is 850. The lowest BCUT2D eigenvalue weighted by Crippen LogP contribution is -2.36. The highest BCUT2D eigenvalue weighted by molar-refractivity contribution is 5.90. The molecule has 0 radical (unpaired) electrons. The lowest BCUT2D eigenvalue weighted by atomic mass is 10.2. The number of aryl methyl sites for hydroxylation is 1. The highest BCUT2D eigenvalue weighted by Crippen LogP contribution is 2.38. The van der Waals surface area contributed by atoms with E-state index < -0.39 is 5.97 Å². The van der Waals surface area contributed by atoms with Gasteiger partial charge in [0.2, 0.25) is 5.75 Å². The van der Waals surface area contributed by atoms with Crippen LogP contribution in [0.5, 0.6) is 17.2 Å². The average Bonchev–Trinajstić information content (AvgIpc) is 3.12. The Morgan fingerprint density at radius 1 is 1.00 bits per heavy atom. The van der Waals surface area contributed by atoms with Gasteiger partial charge in [-0.25, -0.2) is 4.79 Å². The van der Waals surface area contributed by atoms with E-state index in [1.165, 1.54) is 7.11 Å². The Kier molecular flexibility index (Phi) is 7.76. The fraction of sp³-hybridized carbons (Fsp3) is 0.400. The fourth-order valence-electron chi connectivity index (χ4n) is 2.76. The molecule has 9 heteroatoms. The average molecular weight is 405 g/mol. The molecule has 0 saturated heterocycles. The Balaban J connectivity index is 2.02. The Morgan fingerprint density at radius 2 is 1.62 bits per heavy atom. The van der Waals surface area contributed by atoms with Crippen LogP contribution in [0.3, 0.4) is 0 Å². The molecule has 29 heavy (non-hydrogen) atoms. The zero-order valence-electron chi connectivity index (χ0n) is 17.5. The van der Waals surface area contributed by atoms with Crippen molar-refractivity contribution in [3.63, 3.8) is 0 Å². The van der Waals surface area contributed by atoms with Gasteiger partial charge in [0.1, 0.15) is 17.1 Å². The van der Waals surface area contributed by atoms with Gasteiger partial charge in [0.05, 0.1) is 35.0 Å². The summed E-state index contributed by atoms with van der Waals surface area (Å²) >= 11 is 0. The zero-order valence-corrected chi connectivity index (χ0v) is 17.5. The van der Waals surface area contributed by atoms with E-state index in [1.807, 2.05) is 12.1 Å². The first kappa shape index (κ1) is 21.9. The summed E-state index contributed by atoms with van der Waals surface area (Å²) in [6, 6.07) is 5.38. The molecule has 0 saturated carbocycles. The largest absolute Gasteiger partial charge is 0.493 e. The fourth-order valence-corrected chi connectivity index (χ4v) is 2.76. The summed E-state index contributed by atoms with van der Waals surface area (Å²) in [4.78, 5) is 15.9. The van der Waals surface area contributed by atoms with E-state index >= 15 is 0 Å². The van der Waals surface area contributed by atoms with Gasteiger partial charge in [-0.15, -0.1) is 0 Å². The van der Waals surface area contributed by atoms with Crippen LogP contribution in [0.4, 0.5) is 0 Å². The third-order valence-electron chi connectivity index (χ3n) is 4.21. The lowest BCUT2D eigenvalue weighted by molar-refractivity contribution is 0.0599. The monoisotopic (exact) mass is 405 g/mol. The van der Waals surface area contributed by atoms with E-state index in [9.17, 15) is 4.79 Å². The van der Waals surface area contributed by atoms with Crippen molar-refractivity contribution in [3.05, 3.63) is 40.8 Å². The Labute approximate surface area is 170 Å². The summed E-state index contributed by atoms with van der Waals surface area (Å²) < 4.78 is 26.4. The van der Waals surface area contributed by atoms with Crippen LogP contribution in [0.25, 0.3) is 0 Å². The number of carbonyl (C=O) groups excluding carboxylic acids is 1. The zero-order chi connectivity index (χ0) is 21.4. The van der Waals surface area contributed by atoms with Crippen molar-refractivity contribution >= 4 is 11.9 Å². The number of hydrogen-bond donors (Lipinski definition) is 2. The highest BCUT2D eigenvalue weighted by Gasteiger charge is 2.16. The minimum Gasteiger partial charge on any atom is -0.493 e. The first-order valence-electron chi connectivity index (χ1n) is 8.88. The molecule has 2 aromatic rings. The molecule has 0 amide bonds. The Hall–Kier alpha value is -3.36. The van der Waals surface area contributed by atoms with Gasteiger partial charge in [-0.1, -0.05) is 0 Å². The van der Waals surface area contributed by atoms with Crippen molar-refractivity contribution in [2.24, 2.45) is 4.99 Å². The van der Waals surface area contributed by atoms with Gasteiger partial charge < -0.3 is 34.0 Å². The number of aliphatic imine (C=N–C) groups is 1. The first-order chi connectivity index (χ1) is 14.0. The van der Waals surface area contributed by atoms with Crippen LogP contribution in [0, 0.1) is 6.92 Å². The first-order valence-corrected chi connectivity index (χ1v) is 8.88. The van der Waals surface area contributed by atoms with Crippen LogP contribution >= 0.6 is 0 Å². The minimum atomic E-state index is -0.428.